The summed E-state index contributed by atoms with van der Waals surface area (Å²) < 4.78 is 11.3. The molecule has 1 fully saturated rings. The summed E-state index contributed by atoms with van der Waals surface area (Å²) in [5.74, 6) is 3.77. The number of pyridine rings is 1. The summed E-state index contributed by atoms with van der Waals surface area (Å²) in [4.78, 5) is 6.96. The van der Waals surface area contributed by atoms with Crippen LogP contribution in [0.5, 0.6) is 11.5 Å². The summed E-state index contributed by atoms with van der Waals surface area (Å²) in [6.45, 7) is 12.8. The highest BCUT2D eigenvalue weighted by atomic mass is 16.5. The van der Waals surface area contributed by atoms with Gasteiger partial charge in [0.25, 0.3) is 0 Å². The van der Waals surface area contributed by atoms with Crippen LogP contribution in [-0.4, -0.2) is 36.9 Å². The lowest BCUT2D eigenvalue weighted by Crippen LogP contribution is -2.34. The van der Waals surface area contributed by atoms with Gasteiger partial charge in [0.05, 0.1) is 36.8 Å². The zero-order valence-electron chi connectivity index (χ0n) is 23.8. The second kappa shape index (κ2) is 15.1. The van der Waals surface area contributed by atoms with E-state index in [-0.39, 0.29) is 5.92 Å². The van der Waals surface area contributed by atoms with E-state index < -0.39 is 0 Å². The molecule has 0 radical (unpaired) electrons. The molecule has 1 N–H and O–H groups in total. The van der Waals surface area contributed by atoms with Gasteiger partial charge in [0, 0.05) is 17.8 Å². The standard InChI is InChI=1S/C23H32N2O3.C9H18/c1-5-6-18(13-16(2)17(3)26)9-10-25-11-12-28-22-15-24-21-8-7-19(27-4)14-20(21)23(22)25;1-2-6-9-7-4-3-5-8-9/h7-8,14-16,18,26H,3,5-6,9-13H2,1-2,4H3;9H,2-8H2,1H3/t16-,18?;/m0./s1. The van der Waals surface area contributed by atoms with E-state index in [1.165, 1.54) is 51.4 Å². The molecular formula is C32H50N2O3. The van der Waals surface area contributed by atoms with Crippen LogP contribution in [0.15, 0.2) is 36.7 Å². The van der Waals surface area contributed by atoms with Crippen molar-refractivity contribution in [3.05, 3.63) is 36.7 Å². The Bertz CT molecular complexity index is 962. The first-order valence-corrected chi connectivity index (χ1v) is 14.7. The SMILES string of the molecule is C=C(O)[C@@H](C)CC(CCC)CCN1CCOc2cnc3ccc(OC)cc3c21.CCCC1CCCCC1. The van der Waals surface area contributed by atoms with E-state index in [2.05, 4.69) is 37.2 Å². The van der Waals surface area contributed by atoms with Crippen molar-refractivity contribution in [3.8, 4) is 11.5 Å². The number of aromatic nitrogens is 1. The van der Waals surface area contributed by atoms with Crippen molar-refractivity contribution in [1.82, 2.24) is 4.98 Å². The Balaban J connectivity index is 0.000000356. The number of aliphatic hydroxyl groups is 1. The number of nitrogens with zero attached hydrogens (tertiary/aromatic N) is 2. The lowest BCUT2D eigenvalue weighted by molar-refractivity contribution is 0.282. The van der Waals surface area contributed by atoms with Gasteiger partial charge in [0.15, 0.2) is 5.75 Å². The molecule has 4 rings (SSSR count). The third-order valence-electron chi connectivity index (χ3n) is 8.13. The highest BCUT2D eigenvalue weighted by molar-refractivity contribution is 5.96. The van der Waals surface area contributed by atoms with Crippen LogP contribution < -0.4 is 14.4 Å². The molecule has 2 aliphatic rings. The molecule has 2 aromatic rings. The Kier molecular flexibility index (Phi) is 11.9. The summed E-state index contributed by atoms with van der Waals surface area (Å²) in [5, 5.41) is 10.8. The van der Waals surface area contributed by atoms with Crippen molar-refractivity contribution in [2.24, 2.45) is 17.8 Å². The fourth-order valence-electron chi connectivity index (χ4n) is 5.95. The van der Waals surface area contributed by atoms with Gasteiger partial charge in [-0.3, -0.25) is 4.98 Å². The molecule has 0 amide bonds. The van der Waals surface area contributed by atoms with Crippen molar-refractivity contribution in [2.45, 2.75) is 91.4 Å². The van der Waals surface area contributed by atoms with Crippen LogP contribution in [0.4, 0.5) is 5.69 Å². The summed E-state index contributed by atoms with van der Waals surface area (Å²) >= 11 is 0. The molecule has 1 aromatic heterocycles. The summed E-state index contributed by atoms with van der Waals surface area (Å²) in [6, 6.07) is 5.98. The first-order chi connectivity index (χ1) is 18.0. The molecule has 0 saturated heterocycles. The van der Waals surface area contributed by atoms with Gasteiger partial charge >= 0.3 is 0 Å². The molecule has 2 heterocycles. The third-order valence-corrected chi connectivity index (χ3v) is 8.13. The van der Waals surface area contributed by atoms with Gasteiger partial charge in [-0.2, -0.15) is 0 Å². The summed E-state index contributed by atoms with van der Waals surface area (Å²) in [5.41, 5.74) is 2.07. The molecule has 1 aromatic carbocycles. The smallest absolute Gasteiger partial charge is 0.161 e. The van der Waals surface area contributed by atoms with Crippen molar-refractivity contribution in [3.63, 3.8) is 0 Å². The second-order valence-electron chi connectivity index (χ2n) is 11.1. The van der Waals surface area contributed by atoms with E-state index in [1.807, 2.05) is 24.4 Å². The van der Waals surface area contributed by atoms with Crippen molar-refractivity contribution < 1.29 is 14.6 Å². The second-order valence-corrected chi connectivity index (χ2v) is 11.1. The molecule has 2 atom stereocenters. The molecular weight excluding hydrogens is 460 g/mol. The minimum atomic E-state index is 0.141. The largest absolute Gasteiger partial charge is 0.513 e. The molecule has 37 heavy (non-hydrogen) atoms. The van der Waals surface area contributed by atoms with E-state index in [4.69, 9.17) is 9.47 Å². The maximum absolute atomic E-state index is 9.71. The maximum atomic E-state index is 9.71. The normalized spacial score (nSPS) is 17.2. The highest BCUT2D eigenvalue weighted by Crippen LogP contribution is 2.39. The van der Waals surface area contributed by atoms with Gasteiger partial charge in [-0.25, -0.2) is 0 Å². The van der Waals surface area contributed by atoms with Crippen molar-refractivity contribution in [1.29, 1.82) is 0 Å². The topological polar surface area (TPSA) is 54.8 Å². The van der Waals surface area contributed by atoms with E-state index >= 15 is 0 Å². The highest BCUT2D eigenvalue weighted by Gasteiger charge is 2.23. The minimum Gasteiger partial charge on any atom is -0.513 e. The number of benzene rings is 1. The number of allylic oxidation sites excluding steroid dienone is 1. The van der Waals surface area contributed by atoms with Crippen LogP contribution in [0.1, 0.15) is 91.4 Å². The van der Waals surface area contributed by atoms with E-state index in [9.17, 15) is 5.11 Å². The van der Waals surface area contributed by atoms with E-state index in [0.29, 0.717) is 18.3 Å². The fourth-order valence-corrected chi connectivity index (χ4v) is 5.95. The van der Waals surface area contributed by atoms with Crippen molar-refractivity contribution in [2.75, 3.05) is 31.7 Å². The van der Waals surface area contributed by atoms with Gasteiger partial charge in [0.1, 0.15) is 12.4 Å². The zero-order valence-corrected chi connectivity index (χ0v) is 23.8. The predicted molar refractivity (Wildman–Crippen MR) is 156 cm³/mol. The molecule has 1 aliphatic heterocycles. The van der Waals surface area contributed by atoms with E-state index in [0.717, 1.165) is 66.4 Å². The quantitative estimate of drug-likeness (QED) is 0.306. The van der Waals surface area contributed by atoms with Crippen LogP contribution in [0, 0.1) is 17.8 Å². The molecule has 0 spiro atoms. The molecule has 1 unspecified atom stereocenters. The lowest BCUT2D eigenvalue weighted by atomic mass is 9.86. The Labute approximate surface area is 225 Å². The number of ether oxygens (including phenoxy) is 2. The fraction of sp³-hybridized carbons (Fsp3) is 0.656. The number of anilines is 1. The molecule has 1 saturated carbocycles. The van der Waals surface area contributed by atoms with Gasteiger partial charge in [-0.05, 0) is 42.9 Å². The molecule has 5 nitrogen and oxygen atoms in total. The Hall–Kier alpha value is -2.43. The monoisotopic (exact) mass is 510 g/mol. The maximum Gasteiger partial charge on any atom is 0.161 e. The first-order valence-electron chi connectivity index (χ1n) is 14.7. The molecule has 1 aliphatic carbocycles. The summed E-state index contributed by atoms with van der Waals surface area (Å²) in [6.07, 6.45) is 16.6. The zero-order chi connectivity index (χ0) is 26.6. The third kappa shape index (κ3) is 8.55. The van der Waals surface area contributed by atoms with Crippen LogP contribution in [-0.2, 0) is 0 Å². The average molecular weight is 511 g/mol. The van der Waals surface area contributed by atoms with Crippen LogP contribution in [0.25, 0.3) is 10.9 Å². The number of hydrogen-bond donors (Lipinski definition) is 1. The number of rotatable bonds is 11. The van der Waals surface area contributed by atoms with Gasteiger partial charge in [-0.1, -0.05) is 85.1 Å². The van der Waals surface area contributed by atoms with Crippen LogP contribution >= 0.6 is 0 Å². The molecule has 5 heteroatoms. The number of methoxy groups -OCH3 is 1. The predicted octanol–water partition coefficient (Wildman–Crippen LogP) is 8.71. The van der Waals surface area contributed by atoms with Gasteiger partial charge in [0.2, 0.25) is 0 Å². The number of fused-ring (bicyclic) bond motifs is 3. The summed E-state index contributed by atoms with van der Waals surface area (Å²) in [7, 11) is 1.68. The first kappa shape index (κ1) is 29.1. The van der Waals surface area contributed by atoms with Crippen molar-refractivity contribution >= 4 is 16.6 Å². The van der Waals surface area contributed by atoms with Crippen LogP contribution in [0.2, 0.25) is 0 Å². The van der Waals surface area contributed by atoms with Gasteiger partial charge < -0.3 is 19.5 Å². The Morgan fingerprint density at radius 2 is 1.97 bits per heavy atom. The molecule has 0 bridgehead atoms. The number of aliphatic hydroxyl groups excluding tert-OH is 1. The van der Waals surface area contributed by atoms with Gasteiger partial charge in [-0.15, -0.1) is 0 Å². The van der Waals surface area contributed by atoms with E-state index in [1.54, 1.807) is 7.11 Å². The number of hydrogen-bond acceptors (Lipinski definition) is 5. The minimum absolute atomic E-state index is 0.141. The van der Waals surface area contributed by atoms with Crippen LogP contribution in [0.3, 0.4) is 0 Å². The lowest BCUT2D eigenvalue weighted by Gasteiger charge is -2.33. The Morgan fingerprint density at radius 1 is 1.19 bits per heavy atom. The molecule has 206 valence electrons. The average Bonchev–Trinajstić information content (AvgIpc) is 2.92. The Morgan fingerprint density at radius 3 is 2.65 bits per heavy atom.